The molecule has 2 N–H and O–H groups in total. The van der Waals surface area contributed by atoms with Gasteiger partial charge >= 0.3 is 0 Å². The van der Waals surface area contributed by atoms with Crippen LogP contribution in [-0.4, -0.2) is 46.6 Å². The number of aromatic nitrogens is 1. The first-order valence-electron chi connectivity index (χ1n) is 9.74. The van der Waals surface area contributed by atoms with E-state index < -0.39 is 6.10 Å². The lowest BCUT2D eigenvalue weighted by Gasteiger charge is -2.30. The molecule has 6 nitrogen and oxygen atoms in total. The number of carbonyl (C=O) groups is 1. The Labute approximate surface area is 164 Å². The third-order valence-corrected chi connectivity index (χ3v) is 5.19. The molecule has 0 unspecified atom stereocenters. The molecule has 0 fully saturated rings. The van der Waals surface area contributed by atoms with Crippen LogP contribution in [0.15, 0.2) is 53.2 Å². The van der Waals surface area contributed by atoms with Gasteiger partial charge in [-0.1, -0.05) is 24.3 Å². The van der Waals surface area contributed by atoms with Crippen LogP contribution in [0.3, 0.4) is 0 Å². The largest absolute Gasteiger partial charge is 0.459 e. The van der Waals surface area contributed by atoms with Gasteiger partial charge in [-0.05, 0) is 29.7 Å². The number of benzene rings is 1. The summed E-state index contributed by atoms with van der Waals surface area (Å²) in [6.45, 7) is 2.61. The van der Waals surface area contributed by atoms with Gasteiger partial charge in [0.25, 0.3) is 0 Å². The number of hydrogen-bond donors (Lipinski definition) is 2. The van der Waals surface area contributed by atoms with Crippen LogP contribution >= 0.6 is 0 Å². The number of hydrogen-bond acceptors (Lipinski definition) is 5. The van der Waals surface area contributed by atoms with E-state index in [2.05, 4.69) is 39.5 Å². The number of rotatable bonds is 7. The van der Waals surface area contributed by atoms with Crippen LogP contribution < -0.4 is 5.32 Å². The smallest absolute Gasteiger partial charge is 0.220 e. The molecule has 3 aromatic rings. The zero-order valence-corrected chi connectivity index (χ0v) is 15.8. The maximum Gasteiger partial charge on any atom is 0.220 e. The van der Waals surface area contributed by atoms with E-state index in [0.29, 0.717) is 19.4 Å². The predicted molar refractivity (Wildman–Crippen MR) is 107 cm³/mol. The van der Waals surface area contributed by atoms with Crippen molar-refractivity contribution in [3.63, 3.8) is 0 Å². The Hall–Kier alpha value is -2.70. The monoisotopic (exact) mass is 379 g/mol. The Morgan fingerprint density at radius 3 is 3.00 bits per heavy atom. The van der Waals surface area contributed by atoms with Crippen LogP contribution in [0.1, 0.15) is 23.3 Å². The highest BCUT2D eigenvalue weighted by Crippen LogP contribution is 2.19. The van der Waals surface area contributed by atoms with Crippen molar-refractivity contribution in [2.45, 2.75) is 31.9 Å². The van der Waals surface area contributed by atoms with Crippen molar-refractivity contribution in [2.75, 3.05) is 19.6 Å². The Balaban J connectivity index is 1.19. The molecule has 0 saturated heterocycles. The molecule has 6 heteroatoms. The average molecular weight is 379 g/mol. The number of aliphatic hydroxyl groups is 1. The first-order chi connectivity index (χ1) is 13.7. The Morgan fingerprint density at radius 1 is 1.29 bits per heavy atom. The topological polar surface area (TPSA) is 78.6 Å². The number of β-amino-alcohol motifs (C(OH)–C–C–N with tert-alkyl or cyclic N) is 1. The van der Waals surface area contributed by atoms with E-state index in [9.17, 15) is 9.90 Å². The second-order valence-corrected chi connectivity index (χ2v) is 7.34. The van der Waals surface area contributed by atoms with E-state index in [4.69, 9.17) is 4.42 Å². The molecule has 0 radical (unpaired) electrons. The number of carbonyl (C=O) groups excluding carboxylic acids is 1. The van der Waals surface area contributed by atoms with Gasteiger partial charge < -0.3 is 14.8 Å². The van der Waals surface area contributed by atoms with Crippen molar-refractivity contribution in [3.8, 4) is 0 Å². The summed E-state index contributed by atoms with van der Waals surface area (Å²) in [6.07, 6.45) is 4.68. The zero-order valence-electron chi connectivity index (χ0n) is 15.8. The maximum absolute atomic E-state index is 12.1. The summed E-state index contributed by atoms with van der Waals surface area (Å²) >= 11 is 0. The fraction of sp³-hybridized carbons (Fsp3) is 0.364. The summed E-state index contributed by atoms with van der Waals surface area (Å²) in [6, 6.07) is 12.3. The molecule has 3 heterocycles. The highest BCUT2D eigenvalue weighted by Gasteiger charge is 2.18. The van der Waals surface area contributed by atoms with Crippen LogP contribution in [0.4, 0.5) is 0 Å². The van der Waals surface area contributed by atoms with Crippen molar-refractivity contribution in [1.29, 1.82) is 0 Å². The van der Waals surface area contributed by atoms with Crippen LogP contribution in [-0.2, 0) is 24.2 Å². The molecule has 1 aliphatic rings. The van der Waals surface area contributed by atoms with E-state index in [1.165, 1.54) is 11.1 Å². The van der Waals surface area contributed by atoms with Gasteiger partial charge in [0.2, 0.25) is 5.91 Å². The van der Waals surface area contributed by atoms with Gasteiger partial charge in [-0.3, -0.25) is 14.7 Å². The number of nitrogens with zero attached hydrogens (tertiary/aromatic N) is 2. The van der Waals surface area contributed by atoms with Crippen molar-refractivity contribution >= 4 is 16.9 Å². The molecule has 4 rings (SSSR count). The summed E-state index contributed by atoms with van der Waals surface area (Å²) in [5.74, 6) is 0.687. The minimum atomic E-state index is -0.577. The highest BCUT2D eigenvalue weighted by atomic mass is 16.3. The number of amides is 1. The Morgan fingerprint density at radius 2 is 2.14 bits per heavy atom. The second-order valence-electron chi connectivity index (χ2n) is 7.34. The summed E-state index contributed by atoms with van der Waals surface area (Å²) in [4.78, 5) is 18.4. The Bertz CT molecular complexity index is 920. The zero-order chi connectivity index (χ0) is 19.3. The predicted octanol–water partition coefficient (Wildman–Crippen LogP) is 2.30. The number of aliphatic hydroxyl groups excluding tert-OH is 1. The van der Waals surface area contributed by atoms with E-state index in [0.717, 1.165) is 36.2 Å². The molecular weight excluding hydrogens is 354 g/mol. The van der Waals surface area contributed by atoms with Crippen molar-refractivity contribution in [3.05, 3.63) is 65.7 Å². The lowest BCUT2D eigenvalue weighted by atomic mass is 10.00. The van der Waals surface area contributed by atoms with Gasteiger partial charge in [-0.2, -0.15) is 0 Å². The van der Waals surface area contributed by atoms with Gasteiger partial charge in [0.15, 0.2) is 5.58 Å². The van der Waals surface area contributed by atoms with E-state index in [1.807, 2.05) is 12.1 Å². The van der Waals surface area contributed by atoms with Crippen molar-refractivity contribution < 1.29 is 14.3 Å². The third kappa shape index (κ3) is 4.58. The Kier molecular flexibility index (Phi) is 5.69. The molecule has 1 aromatic carbocycles. The lowest BCUT2D eigenvalue weighted by molar-refractivity contribution is -0.121. The van der Waals surface area contributed by atoms with E-state index in [1.54, 1.807) is 12.4 Å². The molecule has 1 atom stereocenters. The number of nitrogens with one attached hydrogen (secondary N) is 1. The fourth-order valence-electron chi connectivity index (χ4n) is 3.69. The first kappa shape index (κ1) is 18.7. The standard InChI is InChI=1S/C22H25N3O3/c26-19(15-25-10-8-16-3-1-2-4-18(16)14-25)12-24-22(27)6-5-20-11-17-7-9-23-13-21(17)28-20/h1-4,7,9,11,13,19,26H,5-6,8,10,12,14-15H2,(H,24,27)/t19-/m1/s1. The van der Waals surface area contributed by atoms with E-state index in [-0.39, 0.29) is 12.5 Å². The minimum absolute atomic E-state index is 0.0818. The molecular formula is C22H25N3O3. The van der Waals surface area contributed by atoms with Crippen LogP contribution in [0.2, 0.25) is 0 Å². The summed E-state index contributed by atoms with van der Waals surface area (Å²) < 4.78 is 5.67. The molecule has 28 heavy (non-hydrogen) atoms. The van der Waals surface area contributed by atoms with Gasteiger partial charge in [0.05, 0.1) is 12.3 Å². The molecule has 0 saturated carbocycles. The molecule has 0 aliphatic carbocycles. The van der Waals surface area contributed by atoms with Gasteiger partial charge in [-0.15, -0.1) is 0 Å². The van der Waals surface area contributed by atoms with Crippen LogP contribution in [0.25, 0.3) is 11.0 Å². The number of aryl methyl sites for hydroxylation is 1. The third-order valence-electron chi connectivity index (χ3n) is 5.19. The van der Waals surface area contributed by atoms with Crippen LogP contribution in [0.5, 0.6) is 0 Å². The number of fused-ring (bicyclic) bond motifs is 2. The number of pyridine rings is 1. The molecule has 1 amide bonds. The molecule has 2 aromatic heterocycles. The second kappa shape index (κ2) is 8.54. The summed E-state index contributed by atoms with van der Waals surface area (Å²) in [5, 5.41) is 14.1. The first-order valence-corrected chi connectivity index (χ1v) is 9.74. The lowest BCUT2D eigenvalue weighted by Crippen LogP contribution is -2.42. The van der Waals surface area contributed by atoms with Crippen LogP contribution in [0, 0.1) is 0 Å². The van der Waals surface area contributed by atoms with Gasteiger partial charge in [0, 0.05) is 50.6 Å². The maximum atomic E-state index is 12.1. The summed E-state index contributed by atoms with van der Waals surface area (Å²) in [5.41, 5.74) is 3.45. The van der Waals surface area contributed by atoms with Crippen molar-refractivity contribution in [2.24, 2.45) is 0 Å². The normalized spacial score (nSPS) is 15.3. The SMILES string of the molecule is O=C(CCc1cc2ccncc2o1)NC[C@@H](O)CN1CCc2ccccc2C1. The highest BCUT2D eigenvalue weighted by molar-refractivity contribution is 5.78. The fourth-order valence-corrected chi connectivity index (χ4v) is 3.69. The average Bonchev–Trinajstić information content (AvgIpc) is 3.14. The molecule has 0 bridgehead atoms. The molecule has 0 spiro atoms. The minimum Gasteiger partial charge on any atom is -0.459 e. The molecule has 146 valence electrons. The van der Waals surface area contributed by atoms with Gasteiger partial charge in [0.1, 0.15) is 5.76 Å². The van der Waals surface area contributed by atoms with Crippen molar-refractivity contribution in [1.82, 2.24) is 15.2 Å². The molecule has 1 aliphatic heterocycles. The number of furan rings is 1. The summed E-state index contributed by atoms with van der Waals surface area (Å²) in [7, 11) is 0. The quantitative estimate of drug-likeness (QED) is 0.659. The van der Waals surface area contributed by atoms with Gasteiger partial charge in [-0.25, -0.2) is 0 Å². The van der Waals surface area contributed by atoms with E-state index >= 15 is 0 Å².